The third-order valence-electron chi connectivity index (χ3n) is 7.27. The summed E-state index contributed by atoms with van der Waals surface area (Å²) < 4.78 is 2.21. The first-order chi connectivity index (χ1) is 16.3. The van der Waals surface area contributed by atoms with E-state index in [4.69, 9.17) is 17.2 Å². The van der Waals surface area contributed by atoms with E-state index < -0.39 is 0 Å². The molecule has 0 spiro atoms. The lowest BCUT2D eigenvalue weighted by Crippen LogP contribution is -2.41. The van der Waals surface area contributed by atoms with Crippen LogP contribution < -0.4 is 10.5 Å². The third kappa shape index (κ3) is 4.31. The van der Waals surface area contributed by atoms with E-state index in [1.807, 2.05) is 19.1 Å². The quantitative estimate of drug-likeness (QED) is 0.439. The van der Waals surface area contributed by atoms with Crippen molar-refractivity contribution in [3.05, 3.63) is 44.7 Å². The highest BCUT2D eigenvalue weighted by Crippen LogP contribution is 2.38. The Kier molecular flexibility index (Phi) is 6.55. The van der Waals surface area contributed by atoms with Gasteiger partial charge in [-0.1, -0.05) is 63.2 Å². The summed E-state index contributed by atoms with van der Waals surface area (Å²) in [6.45, 7) is 8.17. The molecule has 34 heavy (non-hydrogen) atoms. The second-order valence-electron chi connectivity index (χ2n) is 10.2. The van der Waals surface area contributed by atoms with Gasteiger partial charge in [-0.3, -0.25) is 18.9 Å². The summed E-state index contributed by atoms with van der Waals surface area (Å²) in [6, 6.07) is 4.01. The third-order valence-corrected chi connectivity index (χ3v) is 8.60. The van der Waals surface area contributed by atoms with Crippen molar-refractivity contribution < 1.29 is 4.79 Å². The predicted molar refractivity (Wildman–Crippen MR) is 143 cm³/mol. The van der Waals surface area contributed by atoms with E-state index in [9.17, 15) is 9.59 Å². The van der Waals surface area contributed by atoms with Gasteiger partial charge in [-0.15, -0.1) is 0 Å². The van der Waals surface area contributed by atoms with Gasteiger partial charge in [-0.05, 0) is 55.7 Å². The molecule has 3 fully saturated rings. The van der Waals surface area contributed by atoms with Crippen LogP contribution in [0.4, 0.5) is 5.82 Å². The van der Waals surface area contributed by atoms with Crippen LogP contribution in [0, 0.1) is 18.8 Å². The number of aromatic nitrogens is 2. The molecule has 0 N–H and O–H groups in total. The number of thioether (sulfide) groups is 1. The minimum atomic E-state index is -0.141. The van der Waals surface area contributed by atoms with Crippen molar-refractivity contribution >= 4 is 51.7 Å². The molecule has 5 rings (SSSR count). The molecule has 8 heteroatoms. The number of hydrogen-bond acceptors (Lipinski definition) is 6. The van der Waals surface area contributed by atoms with E-state index in [0.29, 0.717) is 38.1 Å². The first-order valence-corrected chi connectivity index (χ1v) is 13.6. The number of piperidine rings is 1. The van der Waals surface area contributed by atoms with E-state index in [1.54, 1.807) is 21.6 Å². The standard InChI is InChI=1S/C26H32N4O2S2/c1-16-12-17(2)15-28(14-16)23-20(24(31)29-11-7-8-18(3)22(29)27-23)13-21-25(32)30(26(33)34-21)19-9-5-4-6-10-19/h7-8,11,13,16-17,19H,4-6,9-10,12,14-15H2,1-3H3/b21-13+/t16-,17-/m1/s1. The molecule has 2 aromatic rings. The summed E-state index contributed by atoms with van der Waals surface area (Å²) in [5, 5.41) is 0. The molecule has 1 saturated carbocycles. The van der Waals surface area contributed by atoms with Crippen LogP contribution in [0.1, 0.15) is 63.5 Å². The summed E-state index contributed by atoms with van der Waals surface area (Å²) in [4.78, 5) is 36.8. The lowest BCUT2D eigenvalue weighted by Gasteiger charge is -2.36. The molecular formula is C26H32N4O2S2. The first-order valence-electron chi connectivity index (χ1n) is 12.4. The SMILES string of the molecule is Cc1cccn2c(=O)c(/C=C3/SC(=S)N(C4CCCCC4)C3=O)c(N3C[C@H](C)C[C@@H](C)C3)nc12. The van der Waals surface area contributed by atoms with Crippen LogP contribution >= 0.6 is 24.0 Å². The molecule has 0 aromatic carbocycles. The summed E-state index contributed by atoms with van der Waals surface area (Å²) >= 11 is 6.94. The average molecular weight is 497 g/mol. The molecule has 1 aliphatic carbocycles. The largest absolute Gasteiger partial charge is 0.355 e. The molecule has 0 radical (unpaired) electrons. The second kappa shape index (κ2) is 9.46. The fourth-order valence-corrected chi connectivity index (χ4v) is 7.15. The zero-order valence-electron chi connectivity index (χ0n) is 20.1. The van der Waals surface area contributed by atoms with Crippen molar-refractivity contribution in [2.75, 3.05) is 18.0 Å². The average Bonchev–Trinajstić information content (AvgIpc) is 3.08. The Labute approximate surface area is 210 Å². The molecule has 4 heterocycles. The normalized spacial score (nSPS) is 25.7. The maximum atomic E-state index is 13.8. The number of hydrogen-bond donors (Lipinski definition) is 0. The number of nitrogens with zero attached hydrogens (tertiary/aromatic N) is 4. The molecule has 3 aliphatic rings. The van der Waals surface area contributed by atoms with Gasteiger partial charge in [0.25, 0.3) is 11.5 Å². The van der Waals surface area contributed by atoms with Crippen LogP contribution in [0.5, 0.6) is 0 Å². The molecule has 2 aromatic heterocycles. The molecule has 180 valence electrons. The van der Waals surface area contributed by atoms with Crippen molar-refractivity contribution in [1.29, 1.82) is 0 Å². The Morgan fingerprint density at radius 3 is 2.53 bits per heavy atom. The Balaban J connectivity index is 1.62. The van der Waals surface area contributed by atoms with Gasteiger partial charge < -0.3 is 4.90 Å². The first kappa shape index (κ1) is 23.5. The number of anilines is 1. The van der Waals surface area contributed by atoms with Crippen molar-refractivity contribution in [3.8, 4) is 0 Å². The van der Waals surface area contributed by atoms with Gasteiger partial charge in [0.05, 0.1) is 10.5 Å². The molecule has 2 atom stereocenters. The topological polar surface area (TPSA) is 57.9 Å². The lowest BCUT2D eigenvalue weighted by atomic mass is 9.91. The van der Waals surface area contributed by atoms with Gasteiger partial charge in [0, 0.05) is 25.3 Å². The molecular weight excluding hydrogens is 464 g/mol. The number of rotatable bonds is 3. The molecule has 2 saturated heterocycles. The highest BCUT2D eigenvalue weighted by Gasteiger charge is 2.38. The summed E-state index contributed by atoms with van der Waals surface area (Å²) in [7, 11) is 0. The zero-order valence-corrected chi connectivity index (χ0v) is 21.8. The number of fused-ring (bicyclic) bond motifs is 1. The number of carbonyl (C=O) groups excluding carboxylic acids is 1. The minimum Gasteiger partial charge on any atom is -0.355 e. The lowest BCUT2D eigenvalue weighted by molar-refractivity contribution is -0.124. The Hall–Kier alpha value is -2.19. The molecule has 0 unspecified atom stereocenters. The number of aryl methyl sites for hydroxylation is 1. The van der Waals surface area contributed by atoms with Crippen LogP contribution in [0.3, 0.4) is 0 Å². The van der Waals surface area contributed by atoms with Gasteiger partial charge in [0.2, 0.25) is 0 Å². The van der Waals surface area contributed by atoms with E-state index in [0.717, 1.165) is 50.8 Å². The van der Waals surface area contributed by atoms with Crippen LogP contribution in [-0.2, 0) is 4.79 Å². The number of carbonyl (C=O) groups is 1. The van der Waals surface area contributed by atoms with Crippen LogP contribution in [0.25, 0.3) is 11.7 Å². The van der Waals surface area contributed by atoms with E-state index in [-0.39, 0.29) is 17.5 Å². The Morgan fingerprint density at radius 2 is 1.82 bits per heavy atom. The molecule has 0 bridgehead atoms. The van der Waals surface area contributed by atoms with Crippen molar-refractivity contribution in [2.24, 2.45) is 11.8 Å². The molecule has 6 nitrogen and oxygen atoms in total. The summed E-state index contributed by atoms with van der Waals surface area (Å²) in [6.07, 6.45) is 10.1. The van der Waals surface area contributed by atoms with Crippen LogP contribution in [0.2, 0.25) is 0 Å². The van der Waals surface area contributed by atoms with Crippen molar-refractivity contribution in [1.82, 2.24) is 14.3 Å². The fraction of sp³-hybridized carbons (Fsp3) is 0.538. The highest BCUT2D eigenvalue weighted by molar-refractivity contribution is 8.26. The fourth-order valence-electron chi connectivity index (χ4n) is 5.77. The number of amides is 1. The molecule has 1 amide bonds. The number of thiocarbonyl (C=S) groups is 1. The smallest absolute Gasteiger partial charge is 0.267 e. The van der Waals surface area contributed by atoms with Gasteiger partial charge >= 0.3 is 0 Å². The van der Waals surface area contributed by atoms with Crippen molar-refractivity contribution in [2.45, 2.75) is 65.3 Å². The highest BCUT2D eigenvalue weighted by atomic mass is 32.2. The Morgan fingerprint density at radius 1 is 1.12 bits per heavy atom. The predicted octanol–water partition coefficient (Wildman–Crippen LogP) is 5.02. The minimum absolute atomic E-state index is 0.0676. The summed E-state index contributed by atoms with van der Waals surface area (Å²) in [5.74, 6) is 1.64. The van der Waals surface area contributed by atoms with Gasteiger partial charge in [0.15, 0.2) is 0 Å². The number of pyridine rings is 1. The maximum absolute atomic E-state index is 13.8. The van der Waals surface area contributed by atoms with Crippen LogP contribution in [-0.4, -0.2) is 43.6 Å². The molecule has 2 aliphatic heterocycles. The second-order valence-corrected chi connectivity index (χ2v) is 11.9. The zero-order chi connectivity index (χ0) is 24.0. The van der Waals surface area contributed by atoms with E-state index in [1.165, 1.54) is 18.2 Å². The Bertz CT molecular complexity index is 1220. The van der Waals surface area contributed by atoms with E-state index >= 15 is 0 Å². The summed E-state index contributed by atoms with van der Waals surface area (Å²) in [5.41, 5.74) is 1.96. The van der Waals surface area contributed by atoms with Crippen LogP contribution in [0.15, 0.2) is 28.0 Å². The maximum Gasteiger partial charge on any atom is 0.267 e. The monoisotopic (exact) mass is 496 g/mol. The van der Waals surface area contributed by atoms with Gasteiger partial charge in [-0.25, -0.2) is 4.98 Å². The van der Waals surface area contributed by atoms with Gasteiger partial charge in [0.1, 0.15) is 15.8 Å². The van der Waals surface area contributed by atoms with Crippen molar-refractivity contribution in [3.63, 3.8) is 0 Å². The van der Waals surface area contributed by atoms with E-state index in [2.05, 4.69) is 18.7 Å². The van der Waals surface area contributed by atoms with Gasteiger partial charge in [-0.2, -0.15) is 0 Å².